The number of hydrogen-bond donors (Lipinski definition) is 1. The molecule has 0 aliphatic heterocycles. The Morgan fingerprint density at radius 1 is 1.10 bits per heavy atom. The molecule has 1 amide bonds. The first-order chi connectivity index (χ1) is 13.7. The molecule has 0 aromatic heterocycles. The Morgan fingerprint density at radius 2 is 1.79 bits per heavy atom. The molecular weight excluding hydrogens is 439 g/mol. The van der Waals surface area contributed by atoms with Crippen LogP contribution < -0.4 is 14.8 Å². The van der Waals surface area contributed by atoms with Crippen molar-refractivity contribution in [2.24, 2.45) is 0 Å². The molecule has 0 bridgehead atoms. The fraction of sp³-hybridized carbons (Fsp3) is 0.111. The number of halogens is 6. The summed E-state index contributed by atoms with van der Waals surface area (Å²) in [6.07, 6.45) is 0.942. The normalized spacial score (nSPS) is 11.3. The highest BCUT2D eigenvalue weighted by atomic mass is 35.5. The first-order valence-corrected chi connectivity index (χ1v) is 8.37. The molecule has 1 N–H and O–H groups in total. The van der Waals surface area contributed by atoms with Gasteiger partial charge in [-0.05, 0) is 30.3 Å². The first kappa shape index (κ1) is 22.3. The Balaban J connectivity index is 2.36. The average Bonchev–Trinajstić information content (AvgIpc) is 2.64. The molecule has 152 valence electrons. The Bertz CT molecular complexity index is 978. The van der Waals surface area contributed by atoms with Crippen molar-refractivity contribution in [3.8, 4) is 17.6 Å². The van der Waals surface area contributed by atoms with Gasteiger partial charge in [-0.2, -0.15) is 22.8 Å². The smallest absolute Gasteiger partial charge is 0.387 e. The van der Waals surface area contributed by atoms with Gasteiger partial charge in [0.05, 0.1) is 15.7 Å². The summed E-state index contributed by atoms with van der Waals surface area (Å²) in [4.78, 5) is 12.3. The van der Waals surface area contributed by atoms with Crippen molar-refractivity contribution in [2.45, 2.75) is 13.2 Å². The van der Waals surface area contributed by atoms with E-state index in [4.69, 9.17) is 23.2 Å². The van der Waals surface area contributed by atoms with Crippen molar-refractivity contribution in [1.29, 1.82) is 5.26 Å². The topological polar surface area (TPSA) is 71.3 Å². The number of alkyl halides is 4. The lowest BCUT2D eigenvalue weighted by Crippen LogP contribution is -2.14. The van der Waals surface area contributed by atoms with Crippen molar-refractivity contribution in [1.82, 2.24) is 0 Å². The molecule has 0 atom stereocenters. The van der Waals surface area contributed by atoms with E-state index in [1.807, 2.05) is 0 Å². The number of hydrogen-bond acceptors (Lipinski definition) is 4. The van der Waals surface area contributed by atoms with Crippen LogP contribution >= 0.6 is 23.2 Å². The zero-order chi connectivity index (χ0) is 21.6. The quantitative estimate of drug-likeness (QED) is 0.333. The van der Waals surface area contributed by atoms with Crippen LogP contribution in [0.4, 0.5) is 23.2 Å². The number of anilines is 1. The lowest BCUT2D eigenvalue weighted by atomic mass is 10.1. The van der Waals surface area contributed by atoms with Gasteiger partial charge >= 0.3 is 13.2 Å². The Labute approximate surface area is 172 Å². The van der Waals surface area contributed by atoms with Crippen LogP contribution in [0.25, 0.3) is 6.08 Å². The standard InChI is InChI=1S/C18H10Cl2F4N2O3/c19-12-2-1-3-13(15(12)20)26-16(27)10(8-25)6-9-4-5-11(28-17(21)22)7-14(9)29-18(23)24/h1-7,17-18H,(H,26,27)/b10-6+. The van der Waals surface area contributed by atoms with Crippen LogP contribution in [-0.4, -0.2) is 19.1 Å². The number of rotatable bonds is 7. The highest BCUT2D eigenvalue weighted by Gasteiger charge is 2.16. The van der Waals surface area contributed by atoms with Crippen LogP contribution in [-0.2, 0) is 4.79 Å². The molecule has 2 aromatic rings. The number of ether oxygens (including phenoxy) is 2. The summed E-state index contributed by atoms with van der Waals surface area (Å²) < 4.78 is 58.3. The predicted molar refractivity (Wildman–Crippen MR) is 98.4 cm³/mol. The number of amides is 1. The Morgan fingerprint density at radius 3 is 2.41 bits per heavy atom. The van der Waals surface area contributed by atoms with Gasteiger partial charge < -0.3 is 14.8 Å². The molecule has 0 saturated heterocycles. The maximum absolute atomic E-state index is 12.6. The summed E-state index contributed by atoms with van der Waals surface area (Å²) in [6, 6.07) is 8.93. The summed E-state index contributed by atoms with van der Waals surface area (Å²) in [6.45, 7) is -6.47. The van der Waals surface area contributed by atoms with E-state index < -0.39 is 36.2 Å². The van der Waals surface area contributed by atoms with E-state index in [1.54, 1.807) is 6.07 Å². The fourth-order valence-corrected chi connectivity index (χ4v) is 2.45. The van der Waals surface area contributed by atoms with Crippen molar-refractivity contribution in [3.05, 3.63) is 57.6 Å². The predicted octanol–water partition coefficient (Wildman–Crippen LogP) is 5.74. The third-order valence-electron chi connectivity index (χ3n) is 3.29. The Hall–Kier alpha value is -2.96. The van der Waals surface area contributed by atoms with E-state index >= 15 is 0 Å². The number of nitrogens with zero attached hydrogens (tertiary/aromatic N) is 1. The van der Waals surface area contributed by atoms with E-state index in [9.17, 15) is 27.6 Å². The monoisotopic (exact) mass is 448 g/mol. The van der Waals surface area contributed by atoms with E-state index in [1.165, 1.54) is 18.2 Å². The minimum Gasteiger partial charge on any atom is -0.435 e. The summed E-state index contributed by atoms with van der Waals surface area (Å²) >= 11 is 11.8. The number of benzene rings is 2. The molecule has 29 heavy (non-hydrogen) atoms. The third kappa shape index (κ3) is 6.27. The molecule has 0 aliphatic rings. The van der Waals surface area contributed by atoms with E-state index in [0.717, 1.165) is 24.3 Å². The number of nitrogens with one attached hydrogen (secondary N) is 1. The molecule has 0 unspecified atom stereocenters. The van der Waals surface area contributed by atoms with Gasteiger partial charge in [-0.25, -0.2) is 0 Å². The molecule has 0 heterocycles. The second-order valence-electron chi connectivity index (χ2n) is 5.18. The summed E-state index contributed by atoms with van der Waals surface area (Å²) in [5.41, 5.74) is -0.520. The summed E-state index contributed by atoms with van der Waals surface area (Å²) in [5.74, 6) is -1.92. The highest BCUT2D eigenvalue weighted by Crippen LogP contribution is 2.31. The van der Waals surface area contributed by atoms with Crippen LogP contribution in [0.1, 0.15) is 5.56 Å². The van der Waals surface area contributed by atoms with E-state index in [-0.39, 0.29) is 21.3 Å². The zero-order valence-corrected chi connectivity index (χ0v) is 15.6. The second-order valence-corrected chi connectivity index (χ2v) is 5.97. The minimum atomic E-state index is -3.28. The fourth-order valence-electron chi connectivity index (χ4n) is 2.10. The lowest BCUT2D eigenvalue weighted by Gasteiger charge is -2.12. The molecule has 5 nitrogen and oxygen atoms in total. The number of carbonyl (C=O) groups is 1. The number of nitriles is 1. The maximum atomic E-state index is 12.6. The number of carbonyl (C=O) groups excluding carboxylic acids is 1. The van der Waals surface area contributed by atoms with E-state index in [0.29, 0.717) is 0 Å². The average molecular weight is 449 g/mol. The maximum Gasteiger partial charge on any atom is 0.387 e. The lowest BCUT2D eigenvalue weighted by molar-refractivity contribution is -0.112. The molecule has 0 radical (unpaired) electrons. The zero-order valence-electron chi connectivity index (χ0n) is 14.1. The third-order valence-corrected chi connectivity index (χ3v) is 4.11. The van der Waals surface area contributed by atoms with Crippen molar-refractivity contribution in [3.63, 3.8) is 0 Å². The van der Waals surface area contributed by atoms with Gasteiger partial charge in [0, 0.05) is 11.6 Å². The van der Waals surface area contributed by atoms with Crippen LogP contribution in [0, 0.1) is 11.3 Å². The van der Waals surface area contributed by atoms with Gasteiger partial charge in [0.1, 0.15) is 23.1 Å². The van der Waals surface area contributed by atoms with Crippen molar-refractivity contribution < 1.29 is 31.8 Å². The minimum absolute atomic E-state index is 0.0371. The molecule has 0 saturated carbocycles. The van der Waals surface area contributed by atoms with Gasteiger partial charge in [0.15, 0.2) is 0 Å². The van der Waals surface area contributed by atoms with Gasteiger partial charge in [0.2, 0.25) is 0 Å². The highest BCUT2D eigenvalue weighted by molar-refractivity contribution is 6.44. The van der Waals surface area contributed by atoms with Crippen LogP contribution in [0.2, 0.25) is 10.0 Å². The second kappa shape index (κ2) is 10.0. The molecular formula is C18H10Cl2F4N2O3. The van der Waals surface area contributed by atoms with Gasteiger partial charge in [0.25, 0.3) is 5.91 Å². The van der Waals surface area contributed by atoms with Crippen molar-refractivity contribution >= 4 is 40.9 Å². The molecule has 0 aliphatic carbocycles. The van der Waals surface area contributed by atoms with E-state index in [2.05, 4.69) is 14.8 Å². The van der Waals surface area contributed by atoms with Gasteiger partial charge in [-0.3, -0.25) is 4.79 Å². The summed E-state index contributed by atoms with van der Waals surface area (Å²) in [7, 11) is 0. The molecule has 0 spiro atoms. The SMILES string of the molecule is N#C/C(=C\c1ccc(OC(F)F)cc1OC(F)F)C(=O)Nc1cccc(Cl)c1Cl. The largest absolute Gasteiger partial charge is 0.435 e. The first-order valence-electron chi connectivity index (χ1n) is 7.62. The van der Waals surface area contributed by atoms with Crippen molar-refractivity contribution in [2.75, 3.05) is 5.32 Å². The van der Waals surface area contributed by atoms with Gasteiger partial charge in [-0.1, -0.05) is 29.3 Å². The van der Waals surface area contributed by atoms with Gasteiger partial charge in [-0.15, -0.1) is 0 Å². The molecule has 2 rings (SSSR count). The summed E-state index contributed by atoms with van der Waals surface area (Å²) in [5, 5.41) is 11.8. The van der Waals surface area contributed by atoms with Crippen LogP contribution in [0.15, 0.2) is 42.0 Å². The molecule has 2 aromatic carbocycles. The Kier molecular flexibility index (Phi) is 7.70. The molecule has 11 heteroatoms. The van der Waals surface area contributed by atoms with Crippen LogP contribution in [0.3, 0.4) is 0 Å². The van der Waals surface area contributed by atoms with Crippen LogP contribution in [0.5, 0.6) is 11.5 Å². The molecule has 0 fully saturated rings.